The van der Waals surface area contributed by atoms with Crippen LogP contribution in [0.5, 0.6) is 0 Å². The SMILES string of the molecule is O=C(CCNC(=O)c1ccc([N+](=O)[O-])cc1)Nc1cccnc1. The fourth-order valence-corrected chi connectivity index (χ4v) is 1.79. The lowest BCUT2D eigenvalue weighted by atomic mass is 10.2. The number of hydrogen-bond donors (Lipinski definition) is 2. The molecule has 1 aromatic heterocycles. The van der Waals surface area contributed by atoms with Crippen LogP contribution in [0.25, 0.3) is 0 Å². The quantitative estimate of drug-likeness (QED) is 0.622. The van der Waals surface area contributed by atoms with E-state index >= 15 is 0 Å². The molecule has 2 amide bonds. The second-order valence-corrected chi connectivity index (χ2v) is 4.60. The van der Waals surface area contributed by atoms with Crippen LogP contribution in [0.4, 0.5) is 11.4 Å². The van der Waals surface area contributed by atoms with Crippen molar-refractivity contribution in [2.24, 2.45) is 0 Å². The number of benzene rings is 1. The van der Waals surface area contributed by atoms with Crippen LogP contribution < -0.4 is 10.6 Å². The summed E-state index contributed by atoms with van der Waals surface area (Å²) in [5.41, 5.74) is 0.792. The number of rotatable bonds is 6. The molecule has 2 rings (SSSR count). The molecule has 0 unspecified atom stereocenters. The largest absolute Gasteiger partial charge is 0.352 e. The van der Waals surface area contributed by atoms with Crippen molar-refractivity contribution in [2.75, 3.05) is 11.9 Å². The summed E-state index contributed by atoms with van der Waals surface area (Å²) in [7, 11) is 0. The molecule has 1 aromatic carbocycles. The number of non-ortho nitro benzene ring substituents is 1. The van der Waals surface area contributed by atoms with Crippen molar-refractivity contribution >= 4 is 23.2 Å². The lowest BCUT2D eigenvalue weighted by Gasteiger charge is -2.06. The summed E-state index contributed by atoms with van der Waals surface area (Å²) in [6, 6.07) is 8.65. The highest BCUT2D eigenvalue weighted by atomic mass is 16.6. The Hall–Kier alpha value is -3.29. The highest BCUT2D eigenvalue weighted by Gasteiger charge is 2.10. The first-order chi connectivity index (χ1) is 11.1. The van der Waals surface area contributed by atoms with E-state index in [2.05, 4.69) is 15.6 Å². The molecule has 1 heterocycles. The number of carbonyl (C=O) groups excluding carboxylic acids is 2. The number of carbonyl (C=O) groups is 2. The van der Waals surface area contributed by atoms with Crippen molar-refractivity contribution in [1.82, 2.24) is 10.3 Å². The van der Waals surface area contributed by atoms with Crippen molar-refractivity contribution in [3.05, 3.63) is 64.5 Å². The van der Waals surface area contributed by atoms with Gasteiger partial charge in [-0.3, -0.25) is 24.7 Å². The van der Waals surface area contributed by atoms with Crippen LogP contribution in [0.3, 0.4) is 0 Å². The number of nitro groups is 1. The molecule has 0 aliphatic heterocycles. The van der Waals surface area contributed by atoms with Gasteiger partial charge in [0.2, 0.25) is 5.91 Å². The van der Waals surface area contributed by atoms with Gasteiger partial charge in [0.05, 0.1) is 16.8 Å². The molecule has 0 saturated heterocycles. The first-order valence-electron chi connectivity index (χ1n) is 6.79. The highest BCUT2D eigenvalue weighted by Crippen LogP contribution is 2.11. The zero-order valence-electron chi connectivity index (χ0n) is 12.1. The number of nitro benzene ring substituents is 1. The van der Waals surface area contributed by atoms with Crippen molar-refractivity contribution in [3.8, 4) is 0 Å². The van der Waals surface area contributed by atoms with Crippen LogP contribution >= 0.6 is 0 Å². The molecule has 23 heavy (non-hydrogen) atoms. The number of amides is 2. The van der Waals surface area contributed by atoms with E-state index in [1.54, 1.807) is 18.3 Å². The summed E-state index contributed by atoms with van der Waals surface area (Å²) >= 11 is 0. The van der Waals surface area contributed by atoms with E-state index in [0.717, 1.165) is 0 Å². The number of aromatic nitrogens is 1. The minimum atomic E-state index is -0.537. The van der Waals surface area contributed by atoms with Crippen molar-refractivity contribution in [2.45, 2.75) is 6.42 Å². The summed E-state index contributed by atoms with van der Waals surface area (Å²) in [6.07, 6.45) is 3.22. The van der Waals surface area contributed by atoms with Crippen molar-refractivity contribution in [3.63, 3.8) is 0 Å². The summed E-state index contributed by atoms with van der Waals surface area (Å²) in [6.45, 7) is 0.155. The zero-order chi connectivity index (χ0) is 16.7. The van der Waals surface area contributed by atoms with Gasteiger partial charge in [-0.2, -0.15) is 0 Å². The minimum absolute atomic E-state index is 0.0857. The van der Waals surface area contributed by atoms with Crippen LogP contribution in [0.2, 0.25) is 0 Å². The Bertz CT molecular complexity index is 701. The van der Waals surface area contributed by atoms with E-state index in [9.17, 15) is 19.7 Å². The maximum atomic E-state index is 11.8. The molecule has 0 spiro atoms. The molecule has 2 N–H and O–H groups in total. The standard InChI is InChI=1S/C15H14N4O4/c20-14(18-12-2-1-8-16-10-12)7-9-17-15(21)11-3-5-13(6-4-11)19(22)23/h1-6,8,10H,7,9H2,(H,17,21)(H,18,20). The fraction of sp³-hybridized carbons (Fsp3) is 0.133. The summed E-state index contributed by atoms with van der Waals surface area (Å²) in [4.78, 5) is 37.4. The first kappa shape index (κ1) is 16.1. The van der Waals surface area contributed by atoms with E-state index in [4.69, 9.17) is 0 Å². The number of pyridine rings is 1. The predicted molar refractivity (Wildman–Crippen MR) is 82.9 cm³/mol. The average Bonchev–Trinajstić information content (AvgIpc) is 2.55. The van der Waals surface area contributed by atoms with Gasteiger partial charge < -0.3 is 10.6 Å². The first-order valence-corrected chi connectivity index (χ1v) is 6.79. The Labute approximate surface area is 131 Å². The van der Waals surface area contributed by atoms with Crippen molar-refractivity contribution < 1.29 is 14.5 Å². The van der Waals surface area contributed by atoms with E-state index in [1.165, 1.54) is 30.5 Å². The third-order valence-electron chi connectivity index (χ3n) is 2.92. The monoisotopic (exact) mass is 314 g/mol. The molecule has 0 fully saturated rings. The van der Waals surface area contributed by atoms with Crippen LogP contribution in [0, 0.1) is 10.1 Å². The second-order valence-electron chi connectivity index (χ2n) is 4.60. The van der Waals surface area contributed by atoms with Gasteiger partial charge >= 0.3 is 0 Å². The van der Waals surface area contributed by atoms with E-state index < -0.39 is 10.8 Å². The van der Waals surface area contributed by atoms with Gasteiger partial charge in [-0.1, -0.05) is 0 Å². The lowest BCUT2D eigenvalue weighted by Crippen LogP contribution is -2.27. The molecule has 0 atom stereocenters. The van der Waals surface area contributed by atoms with Crippen LogP contribution in [-0.2, 0) is 4.79 Å². The molecule has 0 aliphatic rings. The minimum Gasteiger partial charge on any atom is -0.352 e. The Balaban J connectivity index is 1.78. The molecule has 118 valence electrons. The van der Waals surface area contributed by atoms with Gasteiger partial charge in [0, 0.05) is 36.9 Å². The smallest absolute Gasteiger partial charge is 0.269 e. The number of nitrogens with zero attached hydrogens (tertiary/aromatic N) is 2. The molecule has 0 saturated carbocycles. The van der Waals surface area contributed by atoms with Gasteiger partial charge in [-0.15, -0.1) is 0 Å². The Morgan fingerprint density at radius 3 is 2.52 bits per heavy atom. The van der Waals surface area contributed by atoms with Gasteiger partial charge in [0.15, 0.2) is 0 Å². The Morgan fingerprint density at radius 2 is 1.91 bits per heavy atom. The number of hydrogen-bond acceptors (Lipinski definition) is 5. The average molecular weight is 314 g/mol. The lowest BCUT2D eigenvalue weighted by molar-refractivity contribution is -0.384. The maximum Gasteiger partial charge on any atom is 0.269 e. The van der Waals surface area contributed by atoms with Crippen LogP contribution in [-0.4, -0.2) is 28.3 Å². The molecule has 2 aromatic rings. The normalized spacial score (nSPS) is 9.91. The van der Waals surface area contributed by atoms with Crippen LogP contribution in [0.1, 0.15) is 16.8 Å². The molecule has 0 radical (unpaired) electrons. The molecular weight excluding hydrogens is 300 g/mol. The van der Waals surface area contributed by atoms with Gasteiger partial charge in [-0.05, 0) is 24.3 Å². The predicted octanol–water partition coefficient (Wildman–Crippen LogP) is 1.75. The highest BCUT2D eigenvalue weighted by molar-refractivity contribution is 5.95. The summed E-state index contributed by atoms with van der Waals surface area (Å²) < 4.78 is 0. The van der Waals surface area contributed by atoms with Gasteiger partial charge in [-0.25, -0.2) is 0 Å². The maximum absolute atomic E-state index is 11.8. The Morgan fingerprint density at radius 1 is 1.17 bits per heavy atom. The zero-order valence-corrected chi connectivity index (χ0v) is 12.1. The van der Waals surface area contributed by atoms with E-state index in [1.807, 2.05) is 0 Å². The molecule has 8 heteroatoms. The second kappa shape index (κ2) is 7.64. The van der Waals surface area contributed by atoms with Gasteiger partial charge in [0.25, 0.3) is 11.6 Å². The van der Waals surface area contributed by atoms with E-state index in [0.29, 0.717) is 11.3 Å². The van der Waals surface area contributed by atoms with E-state index in [-0.39, 0.29) is 24.6 Å². The Kier molecular flexibility index (Phi) is 5.35. The molecule has 0 bridgehead atoms. The third-order valence-corrected chi connectivity index (χ3v) is 2.92. The number of anilines is 1. The van der Waals surface area contributed by atoms with Crippen LogP contribution in [0.15, 0.2) is 48.8 Å². The topological polar surface area (TPSA) is 114 Å². The summed E-state index contributed by atoms with van der Waals surface area (Å²) in [5, 5.41) is 15.8. The van der Waals surface area contributed by atoms with Crippen molar-refractivity contribution in [1.29, 1.82) is 0 Å². The van der Waals surface area contributed by atoms with Gasteiger partial charge in [0.1, 0.15) is 0 Å². The molecule has 0 aliphatic carbocycles. The molecular formula is C15H14N4O4. The number of nitrogens with one attached hydrogen (secondary N) is 2. The molecule has 8 nitrogen and oxygen atoms in total. The summed E-state index contributed by atoms with van der Waals surface area (Å²) in [5.74, 6) is -0.643. The third kappa shape index (κ3) is 4.88. The fourth-order valence-electron chi connectivity index (χ4n) is 1.79.